The maximum atomic E-state index is 11.4. The van der Waals surface area contributed by atoms with Crippen LogP contribution in [0, 0.1) is 0 Å². The number of hydroxylamine groups is 2. The molecule has 1 heterocycles. The maximum Gasteiger partial charge on any atom is 0.533 e. The lowest BCUT2D eigenvalue weighted by molar-refractivity contribution is -0.177. The molecule has 2 amide bonds. The SMILES string of the molecule is CC(CCOC(=O)ON1C(=O)CCC1=O)OCCC(C)(C)N. The molecule has 0 aliphatic carbocycles. The van der Waals surface area contributed by atoms with Gasteiger partial charge in [0, 0.05) is 31.4 Å². The van der Waals surface area contributed by atoms with Crippen LogP contribution in [0.1, 0.15) is 46.5 Å². The maximum absolute atomic E-state index is 11.4. The number of nitrogens with two attached hydrogens (primary N) is 1. The minimum atomic E-state index is -1.07. The molecular weight excluding hydrogens is 292 g/mol. The molecule has 1 aliphatic heterocycles. The molecule has 0 saturated carbocycles. The minimum Gasteiger partial charge on any atom is -0.433 e. The summed E-state index contributed by atoms with van der Waals surface area (Å²) in [6.45, 7) is 6.28. The molecule has 0 radical (unpaired) electrons. The van der Waals surface area contributed by atoms with E-state index in [2.05, 4.69) is 4.84 Å². The average Bonchev–Trinajstić information content (AvgIpc) is 2.69. The van der Waals surface area contributed by atoms with Crippen LogP contribution in [0.2, 0.25) is 0 Å². The highest BCUT2D eigenvalue weighted by Gasteiger charge is 2.33. The Morgan fingerprint density at radius 2 is 1.86 bits per heavy atom. The summed E-state index contributed by atoms with van der Waals surface area (Å²) >= 11 is 0. The Hall–Kier alpha value is -1.67. The fourth-order valence-electron chi connectivity index (χ4n) is 1.67. The van der Waals surface area contributed by atoms with E-state index in [-0.39, 0.29) is 31.1 Å². The number of hydrogen-bond acceptors (Lipinski definition) is 7. The molecular formula is C14H24N2O6. The summed E-state index contributed by atoms with van der Waals surface area (Å²) in [4.78, 5) is 38.4. The molecule has 126 valence electrons. The van der Waals surface area contributed by atoms with E-state index in [1.807, 2.05) is 20.8 Å². The Morgan fingerprint density at radius 1 is 1.27 bits per heavy atom. The van der Waals surface area contributed by atoms with Crippen LogP contribution in [0.25, 0.3) is 0 Å². The molecule has 2 N–H and O–H groups in total. The Labute approximate surface area is 129 Å². The lowest BCUT2D eigenvalue weighted by Gasteiger charge is -2.20. The van der Waals surface area contributed by atoms with Gasteiger partial charge in [0.25, 0.3) is 11.8 Å². The molecule has 0 bridgehead atoms. The second-order valence-electron chi connectivity index (χ2n) is 5.98. The first-order valence-corrected chi connectivity index (χ1v) is 7.30. The van der Waals surface area contributed by atoms with Gasteiger partial charge in [-0.3, -0.25) is 14.4 Å². The first-order chi connectivity index (χ1) is 10.2. The molecule has 1 rings (SSSR count). The van der Waals surface area contributed by atoms with Gasteiger partial charge in [-0.2, -0.15) is 0 Å². The third-order valence-electron chi connectivity index (χ3n) is 3.06. The smallest absolute Gasteiger partial charge is 0.433 e. The Balaban J connectivity index is 2.14. The van der Waals surface area contributed by atoms with Gasteiger partial charge in [-0.1, -0.05) is 5.06 Å². The molecule has 0 aromatic carbocycles. The van der Waals surface area contributed by atoms with E-state index in [9.17, 15) is 14.4 Å². The van der Waals surface area contributed by atoms with Crippen molar-refractivity contribution in [1.29, 1.82) is 0 Å². The van der Waals surface area contributed by atoms with Gasteiger partial charge < -0.3 is 15.2 Å². The van der Waals surface area contributed by atoms with Crippen LogP contribution in [0.15, 0.2) is 0 Å². The zero-order valence-electron chi connectivity index (χ0n) is 13.3. The topological polar surface area (TPSA) is 108 Å². The summed E-state index contributed by atoms with van der Waals surface area (Å²) in [7, 11) is 0. The predicted molar refractivity (Wildman–Crippen MR) is 76.4 cm³/mol. The van der Waals surface area contributed by atoms with Gasteiger partial charge in [0.15, 0.2) is 0 Å². The van der Waals surface area contributed by atoms with Crippen LogP contribution in [0.4, 0.5) is 4.79 Å². The van der Waals surface area contributed by atoms with Crippen LogP contribution in [0.5, 0.6) is 0 Å². The lowest BCUT2D eigenvalue weighted by atomic mass is 10.0. The van der Waals surface area contributed by atoms with E-state index in [0.29, 0.717) is 18.1 Å². The van der Waals surface area contributed by atoms with Crippen LogP contribution in [-0.4, -0.2) is 47.9 Å². The monoisotopic (exact) mass is 316 g/mol. The quantitative estimate of drug-likeness (QED) is 0.528. The molecule has 1 unspecified atom stereocenters. The molecule has 8 heteroatoms. The van der Waals surface area contributed by atoms with E-state index in [1.165, 1.54) is 0 Å². The second kappa shape index (κ2) is 8.09. The zero-order chi connectivity index (χ0) is 16.8. The van der Waals surface area contributed by atoms with Gasteiger partial charge in [-0.15, -0.1) is 0 Å². The Bertz CT molecular complexity index is 402. The van der Waals surface area contributed by atoms with E-state index in [4.69, 9.17) is 15.2 Å². The number of ether oxygens (including phenoxy) is 2. The first kappa shape index (κ1) is 18.4. The van der Waals surface area contributed by atoms with Gasteiger partial charge in [0.05, 0.1) is 12.7 Å². The van der Waals surface area contributed by atoms with Crippen molar-refractivity contribution in [2.24, 2.45) is 5.73 Å². The van der Waals surface area contributed by atoms with Crippen molar-refractivity contribution < 1.29 is 28.7 Å². The summed E-state index contributed by atoms with van der Waals surface area (Å²) < 4.78 is 10.3. The van der Waals surface area contributed by atoms with Crippen molar-refractivity contribution in [2.45, 2.75) is 58.1 Å². The number of carbonyl (C=O) groups excluding carboxylic acids is 3. The highest BCUT2D eigenvalue weighted by Crippen LogP contribution is 2.13. The molecule has 0 spiro atoms. The van der Waals surface area contributed by atoms with Gasteiger partial charge in [0.1, 0.15) is 0 Å². The summed E-state index contributed by atoms with van der Waals surface area (Å²) in [6, 6.07) is 0. The summed E-state index contributed by atoms with van der Waals surface area (Å²) in [6.07, 6.45) is 0.119. The second-order valence-corrected chi connectivity index (χ2v) is 5.98. The van der Waals surface area contributed by atoms with Gasteiger partial charge in [-0.05, 0) is 27.2 Å². The van der Waals surface area contributed by atoms with Crippen molar-refractivity contribution in [3.63, 3.8) is 0 Å². The summed E-state index contributed by atoms with van der Waals surface area (Å²) in [5.74, 6) is -1.08. The minimum absolute atomic E-state index is 0.0501. The molecule has 1 fully saturated rings. The zero-order valence-corrected chi connectivity index (χ0v) is 13.3. The van der Waals surface area contributed by atoms with Crippen LogP contribution >= 0.6 is 0 Å². The van der Waals surface area contributed by atoms with Crippen LogP contribution in [0.3, 0.4) is 0 Å². The largest absolute Gasteiger partial charge is 0.533 e. The third-order valence-corrected chi connectivity index (χ3v) is 3.06. The van der Waals surface area contributed by atoms with Crippen molar-refractivity contribution in [2.75, 3.05) is 13.2 Å². The molecule has 0 aromatic heterocycles. The van der Waals surface area contributed by atoms with Crippen LogP contribution in [-0.2, 0) is 23.9 Å². The molecule has 8 nitrogen and oxygen atoms in total. The first-order valence-electron chi connectivity index (χ1n) is 7.30. The summed E-state index contributed by atoms with van der Waals surface area (Å²) in [5.41, 5.74) is 5.55. The fraction of sp³-hybridized carbons (Fsp3) is 0.786. The highest BCUT2D eigenvalue weighted by molar-refractivity contribution is 6.01. The molecule has 0 aromatic rings. The number of hydrogen-bond donors (Lipinski definition) is 1. The predicted octanol–water partition coefficient (Wildman–Crippen LogP) is 1.13. The summed E-state index contributed by atoms with van der Waals surface area (Å²) in [5, 5.41) is 0.450. The fourth-order valence-corrected chi connectivity index (χ4v) is 1.67. The molecule has 1 aliphatic rings. The van der Waals surface area contributed by atoms with Crippen molar-refractivity contribution >= 4 is 18.0 Å². The Morgan fingerprint density at radius 3 is 2.41 bits per heavy atom. The highest BCUT2D eigenvalue weighted by atomic mass is 16.8. The molecule has 1 atom stereocenters. The van der Waals surface area contributed by atoms with Gasteiger partial charge in [0.2, 0.25) is 0 Å². The van der Waals surface area contributed by atoms with Crippen molar-refractivity contribution in [3.8, 4) is 0 Å². The number of imide groups is 1. The van der Waals surface area contributed by atoms with Crippen LogP contribution < -0.4 is 5.73 Å². The number of carbonyl (C=O) groups is 3. The van der Waals surface area contributed by atoms with E-state index >= 15 is 0 Å². The lowest BCUT2D eigenvalue weighted by Crippen LogP contribution is -2.34. The number of rotatable bonds is 8. The van der Waals surface area contributed by atoms with E-state index < -0.39 is 18.0 Å². The van der Waals surface area contributed by atoms with Crippen molar-refractivity contribution in [1.82, 2.24) is 5.06 Å². The van der Waals surface area contributed by atoms with E-state index in [1.54, 1.807) is 0 Å². The van der Waals surface area contributed by atoms with Gasteiger partial charge >= 0.3 is 6.16 Å². The van der Waals surface area contributed by atoms with Gasteiger partial charge in [-0.25, -0.2) is 4.79 Å². The average molecular weight is 316 g/mol. The van der Waals surface area contributed by atoms with E-state index in [0.717, 1.165) is 6.42 Å². The molecule has 1 saturated heterocycles. The van der Waals surface area contributed by atoms with Crippen molar-refractivity contribution in [3.05, 3.63) is 0 Å². The standard InChI is InChI=1S/C14H24N2O6/c1-10(20-9-7-14(2,3)15)6-8-21-13(19)22-16-11(17)4-5-12(16)18/h10H,4-9,15H2,1-3H3. The number of amides is 2. The number of nitrogens with zero attached hydrogens (tertiary/aromatic N) is 1. The molecule has 22 heavy (non-hydrogen) atoms. The normalized spacial score (nSPS) is 16.8. The Kier molecular flexibility index (Phi) is 6.76. The third kappa shape index (κ3) is 6.86.